The van der Waals surface area contributed by atoms with E-state index >= 15 is 0 Å². The Morgan fingerprint density at radius 2 is 1.83 bits per heavy atom. The zero-order valence-electron chi connectivity index (χ0n) is 26.4. The van der Waals surface area contributed by atoms with E-state index in [4.69, 9.17) is 14.2 Å². The highest BCUT2D eigenvalue weighted by atomic mass is 19.2. The third-order valence-electron chi connectivity index (χ3n) is 8.14. The molecule has 0 aliphatic carbocycles. The number of cyclic esters (lactones) is 1. The molecule has 254 valence electrons. The quantitative estimate of drug-likeness (QED) is 0.369. The smallest absolute Gasteiger partial charge is 0.417 e. The van der Waals surface area contributed by atoms with Gasteiger partial charge in [-0.25, -0.2) is 27.6 Å². The Bertz CT molecular complexity index is 1750. The first-order valence-corrected chi connectivity index (χ1v) is 15.3. The Morgan fingerprint density at radius 3 is 2.52 bits per heavy atom. The van der Waals surface area contributed by atoms with Crippen LogP contribution in [-0.2, 0) is 33.8 Å². The van der Waals surface area contributed by atoms with E-state index in [9.17, 15) is 32.3 Å². The number of carbonyl (C=O) groups is 4. The van der Waals surface area contributed by atoms with E-state index in [1.807, 2.05) is 0 Å². The molecule has 48 heavy (non-hydrogen) atoms. The van der Waals surface area contributed by atoms with Crippen LogP contribution in [0.3, 0.4) is 0 Å². The fourth-order valence-electron chi connectivity index (χ4n) is 6.00. The maximum absolute atomic E-state index is 13.6. The molecular formula is C32H33F3N6O7. The van der Waals surface area contributed by atoms with Crippen LogP contribution in [-0.4, -0.2) is 81.1 Å². The summed E-state index contributed by atoms with van der Waals surface area (Å²) in [5.41, 5.74) is 0.745. The maximum atomic E-state index is 13.6. The molecule has 0 bridgehead atoms. The second kappa shape index (κ2) is 12.7. The summed E-state index contributed by atoms with van der Waals surface area (Å²) in [5.74, 6) is -4.65. The molecule has 3 aliphatic heterocycles. The number of nitrogens with zero attached hydrogens (tertiary/aromatic N) is 5. The Kier molecular flexibility index (Phi) is 8.66. The summed E-state index contributed by atoms with van der Waals surface area (Å²) in [5, 5.41) is 6.69. The molecule has 1 aromatic heterocycles. The molecule has 1 unspecified atom stereocenters. The second-order valence-corrected chi connectivity index (χ2v) is 12.7. The van der Waals surface area contributed by atoms with E-state index in [-0.39, 0.29) is 56.0 Å². The molecule has 16 heteroatoms. The number of ether oxygens (including phenoxy) is 3. The van der Waals surface area contributed by atoms with Gasteiger partial charge >= 0.3 is 18.3 Å². The summed E-state index contributed by atoms with van der Waals surface area (Å²) in [6.07, 6.45) is -0.0462. The van der Waals surface area contributed by atoms with Crippen molar-refractivity contribution in [2.75, 3.05) is 29.9 Å². The molecule has 0 radical (unpaired) electrons. The van der Waals surface area contributed by atoms with Crippen LogP contribution in [0.5, 0.6) is 5.75 Å². The van der Waals surface area contributed by atoms with Crippen LogP contribution in [0, 0.1) is 17.5 Å². The third kappa shape index (κ3) is 6.87. The summed E-state index contributed by atoms with van der Waals surface area (Å²) < 4.78 is 58.2. The molecule has 0 spiro atoms. The highest BCUT2D eigenvalue weighted by Crippen LogP contribution is 2.33. The first-order valence-electron chi connectivity index (χ1n) is 15.3. The van der Waals surface area contributed by atoms with Crippen molar-refractivity contribution in [2.45, 2.75) is 64.4 Å². The summed E-state index contributed by atoms with van der Waals surface area (Å²) in [6.45, 7) is 6.57. The monoisotopic (exact) mass is 670 g/mol. The third-order valence-corrected chi connectivity index (χ3v) is 8.14. The molecule has 2 saturated heterocycles. The van der Waals surface area contributed by atoms with Crippen molar-refractivity contribution in [3.63, 3.8) is 0 Å². The molecule has 3 aromatic rings. The molecule has 3 aliphatic rings. The van der Waals surface area contributed by atoms with E-state index in [2.05, 4.69) is 10.4 Å². The number of hydrogen-bond acceptors (Lipinski definition) is 8. The summed E-state index contributed by atoms with van der Waals surface area (Å²) in [7, 11) is 0. The van der Waals surface area contributed by atoms with Gasteiger partial charge in [-0.3, -0.25) is 24.6 Å². The molecular weight excluding hydrogens is 637 g/mol. The highest BCUT2D eigenvalue weighted by Gasteiger charge is 2.42. The van der Waals surface area contributed by atoms with Crippen molar-refractivity contribution in [3.05, 3.63) is 71.3 Å². The van der Waals surface area contributed by atoms with Crippen molar-refractivity contribution in [3.8, 4) is 5.75 Å². The lowest BCUT2D eigenvalue weighted by Crippen LogP contribution is -2.49. The van der Waals surface area contributed by atoms with Gasteiger partial charge in [0.05, 0.1) is 55.0 Å². The lowest BCUT2D eigenvalue weighted by atomic mass is 10.0. The molecule has 2 aromatic carbocycles. The Morgan fingerprint density at radius 1 is 1.08 bits per heavy atom. The number of fused-ring (bicyclic) bond motifs is 1. The maximum Gasteiger partial charge on any atom is 0.417 e. The van der Waals surface area contributed by atoms with Gasteiger partial charge in [0.2, 0.25) is 5.91 Å². The minimum absolute atomic E-state index is 0.0818. The topological polar surface area (TPSA) is 136 Å². The van der Waals surface area contributed by atoms with Gasteiger partial charge in [-0.15, -0.1) is 0 Å². The molecule has 4 heterocycles. The number of anilines is 2. The molecule has 13 nitrogen and oxygen atoms in total. The number of rotatable bonds is 6. The minimum Gasteiger partial charge on any atom is -0.448 e. The van der Waals surface area contributed by atoms with E-state index < -0.39 is 47.4 Å². The highest BCUT2D eigenvalue weighted by molar-refractivity contribution is 5.97. The van der Waals surface area contributed by atoms with Crippen molar-refractivity contribution in [2.24, 2.45) is 0 Å². The van der Waals surface area contributed by atoms with Gasteiger partial charge in [0, 0.05) is 25.1 Å². The van der Waals surface area contributed by atoms with Crippen LogP contribution >= 0.6 is 0 Å². The van der Waals surface area contributed by atoms with Crippen molar-refractivity contribution < 1.29 is 46.6 Å². The first-order chi connectivity index (χ1) is 22.8. The van der Waals surface area contributed by atoms with E-state index in [1.165, 1.54) is 6.07 Å². The van der Waals surface area contributed by atoms with Gasteiger partial charge in [-0.2, -0.15) is 5.10 Å². The molecule has 1 N–H and O–H groups in total. The largest absolute Gasteiger partial charge is 0.448 e. The summed E-state index contributed by atoms with van der Waals surface area (Å²) in [6, 6.07) is 6.95. The second-order valence-electron chi connectivity index (χ2n) is 12.7. The van der Waals surface area contributed by atoms with Gasteiger partial charge in [-0.05, 0) is 44.9 Å². The zero-order valence-corrected chi connectivity index (χ0v) is 26.4. The van der Waals surface area contributed by atoms with Crippen LogP contribution < -0.4 is 15.0 Å². The number of aromatic nitrogens is 2. The normalized spacial score (nSPS) is 19.3. The van der Waals surface area contributed by atoms with E-state index in [1.54, 1.807) is 64.5 Å². The number of benzene rings is 2. The molecule has 6 rings (SSSR count). The fraction of sp³-hybridized carbons (Fsp3) is 0.406. The van der Waals surface area contributed by atoms with E-state index in [0.717, 1.165) is 0 Å². The first kappa shape index (κ1) is 32.7. The van der Waals surface area contributed by atoms with Crippen molar-refractivity contribution in [1.82, 2.24) is 19.6 Å². The van der Waals surface area contributed by atoms with Crippen LogP contribution in [0.15, 0.2) is 42.6 Å². The molecule has 0 saturated carbocycles. The minimum atomic E-state index is -1.66. The predicted octanol–water partition coefficient (Wildman–Crippen LogP) is 4.83. The average Bonchev–Trinajstić information content (AvgIpc) is 3.72. The number of hydrogen-bond donors (Lipinski definition) is 1. The molecule has 2 atom stereocenters. The predicted molar refractivity (Wildman–Crippen MR) is 163 cm³/mol. The summed E-state index contributed by atoms with van der Waals surface area (Å²) in [4.78, 5) is 55.9. The number of carbonyl (C=O) groups excluding carboxylic acids is 4. The van der Waals surface area contributed by atoms with Crippen molar-refractivity contribution in [1.29, 1.82) is 0 Å². The lowest BCUT2D eigenvalue weighted by Gasteiger charge is -2.38. The Hall–Kier alpha value is -5.28. The van der Waals surface area contributed by atoms with Gasteiger partial charge < -0.3 is 19.1 Å². The lowest BCUT2D eigenvalue weighted by molar-refractivity contribution is -0.117. The van der Waals surface area contributed by atoms with Gasteiger partial charge in [0.25, 0.3) is 0 Å². The van der Waals surface area contributed by atoms with Crippen LogP contribution in [0.25, 0.3) is 0 Å². The Labute approximate surface area is 273 Å². The number of halogens is 3. The van der Waals surface area contributed by atoms with Crippen LogP contribution in [0.1, 0.15) is 38.4 Å². The number of nitrogens with one attached hydrogen (secondary N) is 1. The van der Waals surface area contributed by atoms with Crippen molar-refractivity contribution >= 4 is 35.6 Å². The van der Waals surface area contributed by atoms with Gasteiger partial charge in [-0.1, -0.05) is 12.1 Å². The van der Waals surface area contributed by atoms with Gasteiger partial charge in [0.1, 0.15) is 18.0 Å². The van der Waals surface area contributed by atoms with Gasteiger partial charge in [0.15, 0.2) is 17.5 Å². The fourth-order valence-corrected chi connectivity index (χ4v) is 6.00. The Balaban J connectivity index is 1.19. The summed E-state index contributed by atoms with van der Waals surface area (Å²) >= 11 is 0. The van der Waals surface area contributed by atoms with Crippen LogP contribution in [0.4, 0.5) is 38.9 Å². The zero-order chi connectivity index (χ0) is 34.3. The SMILES string of the molecule is CC(C)(C)OC(=O)N1Cc2c(N3CC(N4CCOC4=O)CC3=O)cnn2C[C@@H]1Cc1cccc(OC(=O)Nc2cc(F)c(F)c(F)c2)c1. The molecule has 4 amide bonds. The van der Waals surface area contributed by atoms with E-state index in [0.29, 0.717) is 42.0 Å². The standard InChI is InChI=1S/C32H33F3N6O7/c1-32(2,3)48-31(45)39-17-26-25(40-15-21(13-27(40)42)38-7-8-46-30(38)44)14-36-41(26)16-20(39)9-18-5-4-6-22(10-18)47-29(43)37-19-11-23(33)28(35)24(34)12-19/h4-6,10-12,14,20-21H,7-9,13,15-17H2,1-3H3,(H,37,43)/t20-,21?/m0/s1. The van der Waals surface area contributed by atoms with Crippen LogP contribution in [0.2, 0.25) is 0 Å². The molecule has 2 fully saturated rings. The average molecular weight is 671 g/mol. The number of amides is 4.